The number of aromatic carboxylic acids is 1. The van der Waals surface area contributed by atoms with Gasteiger partial charge in [-0.3, -0.25) is 4.79 Å². The Morgan fingerprint density at radius 2 is 1.85 bits per heavy atom. The predicted octanol–water partition coefficient (Wildman–Crippen LogP) is 4.64. The molecule has 8 heteroatoms. The number of aromatic nitrogens is 2. The number of nitrogens with zero attached hydrogens (tertiary/aromatic N) is 2. The van der Waals surface area contributed by atoms with Gasteiger partial charge in [-0.2, -0.15) is 5.10 Å². The second-order valence-electron chi connectivity index (χ2n) is 9.74. The quantitative estimate of drug-likeness (QED) is 0.547. The van der Waals surface area contributed by atoms with Gasteiger partial charge in [-0.15, -0.1) is 11.8 Å². The fraction of sp³-hybridized carbons (Fsp3) is 0.560. The lowest BCUT2D eigenvalue weighted by Gasteiger charge is -2.54. The van der Waals surface area contributed by atoms with Crippen LogP contribution in [0.1, 0.15) is 66.2 Å². The molecule has 0 spiro atoms. The minimum atomic E-state index is -1.05. The largest absolute Gasteiger partial charge is 0.496 e. The zero-order valence-electron chi connectivity index (χ0n) is 19.1. The number of ether oxygens (including phenoxy) is 1. The third-order valence-corrected chi connectivity index (χ3v) is 8.88. The van der Waals surface area contributed by atoms with Crippen LogP contribution >= 0.6 is 11.8 Å². The highest BCUT2D eigenvalue weighted by atomic mass is 32.2. The van der Waals surface area contributed by atoms with E-state index in [0.717, 1.165) is 29.0 Å². The van der Waals surface area contributed by atoms with Crippen LogP contribution in [0.25, 0.3) is 5.69 Å². The molecule has 4 bridgehead atoms. The Balaban J connectivity index is 1.43. The third-order valence-electron chi connectivity index (χ3n) is 7.60. The van der Waals surface area contributed by atoms with E-state index in [2.05, 4.69) is 17.3 Å². The Morgan fingerprint density at radius 1 is 1.15 bits per heavy atom. The average Bonchev–Trinajstić information content (AvgIpc) is 3.22. The third kappa shape index (κ3) is 4.14. The summed E-state index contributed by atoms with van der Waals surface area (Å²) in [4.78, 5) is 24.9. The lowest BCUT2D eigenvalue weighted by molar-refractivity contribution is -0.0120. The number of methoxy groups -OCH3 is 1. The summed E-state index contributed by atoms with van der Waals surface area (Å²) in [5, 5.41) is 18.1. The van der Waals surface area contributed by atoms with Crippen LogP contribution in [0.15, 0.2) is 29.4 Å². The fourth-order valence-electron chi connectivity index (χ4n) is 6.39. The first-order chi connectivity index (χ1) is 16.0. The highest BCUT2D eigenvalue weighted by Gasteiger charge is 2.48. The number of amides is 1. The molecule has 1 heterocycles. The van der Waals surface area contributed by atoms with E-state index in [0.29, 0.717) is 23.1 Å². The van der Waals surface area contributed by atoms with Crippen molar-refractivity contribution >= 4 is 23.6 Å². The summed E-state index contributed by atoms with van der Waals surface area (Å²) in [5.41, 5.74) is 1.35. The molecule has 4 fully saturated rings. The topological polar surface area (TPSA) is 93.5 Å². The second-order valence-corrected chi connectivity index (χ2v) is 10.8. The summed E-state index contributed by atoms with van der Waals surface area (Å²) in [7, 11) is 1.45. The molecule has 4 saturated carbocycles. The van der Waals surface area contributed by atoms with Crippen LogP contribution in [0.2, 0.25) is 0 Å². The van der Waals surface area contributed by atoms with Gasteiger partial charge in [0, 0.05) is 12.1 Å². The number of carboxylic acid groups (broad SMARTS) is 1. The van der Waals surface area contributed by atoms with Crippen LogP contribution in [-0.2, 0) is 0 Å². The van der Waals surface area contributed by atoms with E-state index in [4.69, 9.17) is 4.74 Å². The van der Waals surface area contributed by atoms with Gasteiger partial charge >= 0.3 is 5.97 Å². The van der Waals surface area contributed by atoms with Crippen molar-refractivity contribution in [2.75, 3.05) is 12.9 Å². The molecule has 2 aromatic rings. The van der Waals surface area contributed by atoms with Crippen molar-refractivity contribution in [2.24, 2.45) is 23.7 Å². The summed E-state index contributed by atoms with van der Waals surface area (Å²) in [5.74, 6) is 2.97. The number of thioether (sulfide) groups is 1. The average molecular weight is 470 g/mol. The van der Waals surface area contributed by atoms with Crippen molar-refractivity contribution in [1.82, 2.24) is 15.1 Å². The molecule has 1 amide bonds. The van der Waals surface area contributed by atoms with Crippen LogP contribution in [0, 0.1) is 23.7 Å². The molecule has 1 aromatic heterocycles. The van der Waals surface area contributed by atoms with E-state index >= 15 is 0 Å². The van der Waals surface area contributed by atoms with Crippen molar-refractivity contribution in [3.05, 3.63) is 35.5 Å². The Labute approximate surface area is 198 Å². The summed E-state index contributed by atoms with van der Waals surface area (Å²) < 4.78 is 7.01. The molecule has 6 rings (SSSR count). The van der Waals surface area contributed by atoms with E-state index in [1.807, 2.05) is 0 Å². The monoisotopic (exact) mass is 469 g/mol. The second kappa shape index (κ2) is 9.05. The maximum Gasteiger partial charge on any atom is 0.339 e. The number of rotatable bonds is 8. The van der Waals surface area contributed by atoms with Crippen molar-refractivity contribution in [3.8, 4) is 11.4 Å². The normalized spacial score (nSPS) is 27.5. The summed E-state index contributed by atoms with van der Waals surface area (Å²) in [6.45, 7) is 2.10. The lowest BCUT2D eigenvalue weighted by Crippen LogP contribution is -2.55. The van der Waals surface area contributed by atoms with E-state index in [-0.39, 0.29) is 23.3 Å². The molecular formula is C25H31N3O4S. The first-order valence-electron chi connectivity index (χ1n) is 11.9. The number of nitrogens with one attached hydrogen (secondary N) is 1. The first kappa shape index (κ1) is 22.3. The van der Waals surface area contributed by atoms with Crippen LogP contribution in [-0.4, -0.2) is 45.7 Å². The van der Waals surface area contributed by atoms with Gasteiger partial charge < -0.3 is 15.2 Å². The van der Waals surface area contributed by atoms with E-state index in [9.17, 15) is 14.7 Å². The molecule has 0 saturated heterocycles. The van der Waals surface area contributed by atoms with Gasteiger partial charge in [-0.1, -0.05) is 6.92 Å². The van der Waals surface area contributed by atoms with Crippen molar-refractivity contribution in [3.63, 3.8) is 0 Å². The SMILES string of the molecule is CCCSc1c(C(=O)NC2C3CC4CC(C3)CC2C4)cnn1-c1ccc(C(=O)O)c(OC)c1. The van der Waals surface area contributed by atoms with Crippen molar-refractivity contribution in [1.29, 1.82) is 0 Å². The van der Waals surface area contributed by atoms with Crippen LogP contribution in [0.3, 0.4) is 0 Å². The van der Waals surface area contributed by atoms with Crippen molar-refractivity contribution in [2.45, 2.75) is 56.5 Å². The Morgan fingerprint density at radius 3 is 2.45 bits per heavy atom. The van der Waals surface area contributed by atoms with E-state index in [1.165, 1.54) is 45.3 Å². The van der Waals surface area contributed by atoms with Crippen LogP contribution in [0.5, 0.6) is 5.75 Å². The number of carbonyl (C=O) groups is 2. The van der Waals surface area contributed by atoms with Gasteiger partial charge in [-0.25, -0.2) is 9.48 Å². The molecule has 7 nitrogen and oxygen atoms in total. The minimum absolute atomic E-state index is 0.0496. The molecule has 2 N–H and O–H groups in total. The Kier molecular flexibility index (Phi) is 6.12. The molecule has 4 aliphatic rings. The molecule has 33 heavy (non-hydrogen) atoms. The van der Waals surface area contributed by atoms with Gasteiger partial charge in [0.25, 0.3) is 5.91 Å². The number of carbonyl (C=O) groups excluding carboxylic acids is 1. The summed E-state index contributed by atoms with van der Waals surface area (Å²) >= 11 is 1.60. The van der Waals surface area contributed by atoms with E-state index < -0.39 is 5.97 Å². The zero-order chi connectivity index (χ0) is 23.1. The van der Waals surface area contributed by atoms with Crippen LogP contribution < -0.4 is 10.1 Å². The number of hydrogen-bond acceptors (Lipinski definition) is 5. The zero-order valence-corrected chi connectivity index (χ0v) is 19.9. The Hall–Kier alpha value is -2.48. The maximum absolute atomic E-state index is 13.5. The fourth-order valence-corrected chi connectivity index (χ4v) is 7.37. The molecular weight excluding hydrogens is 438 g/mol. The highest BCUT2D eigenvalue weighted by molar-refractivity contribution is 7.99. The first-order valence-corrected chi connectivity index (χ1v) is 12.9. The highest BCUT2D eigenvalue weighted by Crippen LogP contribution is 2.53. The van der Waals surface area contributed by atoms with E-state index in [1.54, 1.807) is 34.8 Å². The van der Waals surface area contributed by atoms with Gasteiger partial charge in [0.15, 0.2) is 0 Å². The lowest BCUT2D eigenvalue weighted by atomic mass is 9.54. The van der Waals surface area contributed by atoms with Gasteiger partial charge in [0.05, 0.1) is 24.6 Å². The van der Waals surface area contributed by atoms with Crippen molar-refractivity contribution < 1.29 is 19.4 Å². The van der Waals surface area contributed by atoms with Gasteiger partial charge in [0.1, 0.15) is 16.3 Å². The summed E-state index contributed by atoms with van der Waals surface area (Å²) in [6.07, 6.45) is 9.01. The molecule has 176 valence electrons. The number of carboxylic acids is 1. The van der Waals surface area contributed by atoms with Gasteiger partial charge in [-0.05, 0) is 80.1 Å². The maximum atomic E-state index is 13.5. The molecule has 4 aliphatic carbocycles. The molecule has 1 aromatic carbocycles. The Bertz CT molecular complexity index is 1040. The molecule has 0 atom stereocenters. The van der Waals surface area contributed by atoms with Crippen LogP contribution in [0.4, 0.5) is 0 Å². The number of benzene rings is 1. The standard InChI is InChI=1S/C25H31N3O4S/c1-3-6-33-24-20(13-26-28(24)18-4-5-19(25(30)31)21(12-18)32-2)23(29)27-22-16-8-14-7-15(10-16)11-17(22)9-14/h4-5,12-17,22H,3,6-11H2,1-2H3,(H,27,29)(H,30,31). The molecule has 0 unspecified atom stereocenters. The summed E-state index contributed by atoms with van der Waals surface area (Å²) in [6, 6.07) is 5.15. The smallest absolute Gasteiger partial charge is 0.339 e. The number of hydrogen-bond donors (Lipinski definition) is 2. The minimum Gasteiger partial charge on any atom is -0.496 e. The van der Waals surface area contributed by atoms with Gasteiger partial charge in [0.2, 0.25) is 0 Å². The molecule has 0 radical (unpaired) electrons. The predicted molar refractivity (Wildman–Crippen MR) is 126 cm³/mol. The molecule has 0 aliphatic heterocycles.